The lowest BCUT2D eigenvalue weighted by Gasteiger charge is -2.21. The normalized spacial score (nSPS) is 11.2. The Labute approximate surface area is 204 Å². The molecule has 0 bridgehead atoms. The summed E-state index contributed by atoms with van der Waals surface area (Å²) in [5.74, 6) is -0.619. The Morgan fingerprint density at radius 2 is 1.88 bits per heavy atom. The first kappa shape index (κ1) is 25.1. The molecule has 1 N–H and O–H groups in total. The molecule has 12 heteroatoms. The zero-order valence-corrected chi connectivity index (χ0v) is 20.8. The van der Waals surface area contributed by atoms with Crippen molar-refractivity contribution in [3.63, 3.8) is 0 Å². The van der Waals surface area contributed by atoms with Gasteiger partial charge in [-0.15, -0.1) is 11.3 Å². The summed E-state index contributed by atoms with van der Waals surface area (Å²) in [6, 6.07) is 9.31. The average Bonchev–Trinajstić information content (AvgIpc) is 3.15. The van der Waals surface area contributed by atoms with Crippen molar-refractivity contribution in [1.82, 2.24) is 0 Å². The molecule has 0 atom stereocenters. The minimum Gasteiger partial charge on any atom is -0.493 e. The maximum atomic E-state index is 13.6. The molecule has 1 amide bonds. The molecule has 0 aliphatic rings. The van der Waals surface area contributed by atoms with E-state index in [1.807, 2.05) is 6.92 Å². The summed E-state index contributed by atoms with van der Waals surface area (Å²) in [7, 11) is -1.43. The molecular formula is C21H19Cl2FN2O5S2. The number of nitrogens with one attached hydrogen (secondary N) is 1. The minimum atomic E-state index is -4.20. The second-order valence-corrected chi connectivity index (χ2v) is 10.7. The van der Waals surface area contributed by atoms with Gasteiger partial charge in [0.15, 0.2) is 11.5 Å². The number of anilines is 2. The smallest absolute Gasteiger partial charge is 0.267 e. The zero-order chi connectivity index (χ0) is 24.3. The number of carbonyl (C=O) groups is 1. The molecule has 33 heavy (non-hydrogen) atoms. The van der Waals surface area contributed by atoms with Gasteiger partial charge in [-0.05, 0) is 43.3 Å². The monoisotopic (exact) mass is 532 g/mol. The lowest BCUT2D eigenvalue weighted by atomic mass is 10.3. The predicted octanol–water partition coefficient (Wildman–Crippen LogP) is 5.68. The standard InChI is InChI=1S/C21H19Cl2FN2O5S2/c1-4-31-16-6-5-15(10-17(16)30-3)26(2)33(28,29)18-11-19(23)32-20(18)21(27)25-14-8-12(22)7-13(24)9-14/h5-11H,4H2,1-3H3,(H,25,27). The lowest BCUT2D eigenvalue weighted by Crippen LogP contribution is -2.28. The molecule has 0 saturated carbocycles. The van der Waals surface area contributed by atoms with E-state index in [-0.39, 0.29) is 30.5 Å². The first-order valence-electron chi connectivity index (χ1n) is 9.43. The highest BCUT2D eigenvalue weighted by molar-refractivity contribution is 7.93. The second-order valence-electron chi connectivity index (χ2n) is 6.60. The van der Waals surface area contributed by atoms with E-state index in [4.69, 9.17) is 32.7 Å². The zero-order valence-electron chi connectivity index (χ0n) is 17.7. The summed E-state index contributed by atoms with van der Waals surface area (Å²) >= 11 is 12.7. The third-order valence-electron chi connectivity index (χ3n) is 4.44. The maximum Gasteiger partial charge on any atom is 0.267 e. The Hall–Kier alpha value is -2.53. The van der Waals surface area contributed by atoms with Crippen LogP contribution in [0.1, 0.15) is 16.6 Å². The number of rotatable bonds is 8. The van der Waals surface area contributed by atoms with E-state index in [0.717, 1.165) is 27.8 Å². The summed E-state index contributed by atoms with van der Waals surface area (Å²) in [4.78, 5) is 12.4. The predicted molar refractivity (Wildman–Crippen MR) is 128 cm³/mol. The van der Waals surface area contributed by atoms with E-state index in [1.54, 1.807) is 12.1 Å². The molecule has 7 nitrogen and oxygen atoms in total. The average molecular weight is 533 g/mol. The number of sulfonamides is 1. The highest BCUT2D eigenvalue weighted by atomic mass is 35.5. The number of ether oxygens (including phenoxy) is 2. The molecule has 3 aromatic rings. The third kappa shape index (κ3) is 5.52. The molecule has 1 heterocycles. The number of thiophene rings is 1. The summed E-state index contributed by atoms with van der Waals surface area (Å²) in [5.41, 5.74) is 0.350. The van der Waals surface area contributed by atoms with Crippen LogP contribution in [0.3, 0.4) is 0 Å². The summed E-state index contributed by atoms with van der Waals surface area (Å²) in [6.45, 7) is 2.22. The van der Waals surface area contributed by atoms with Crippen LogP contribution in [0, 0.1) is 5.82 Å². The second kappa shape index (κ2) is 10.2. The maximum absolute atomic E-state index is 13.6. The van der Waals surface area contributed by atoms with E-state index >= 15 is 0 Å². The van der Waals surface area contributed by atoms with Crippen LogP contribution in [0.15, 0.2) is 47.4 Å². The molecule has 0 spiro atoms. The fourth-order valence-corrected chi connectivity index (χ4v) is 6.02. The fraction of sp³-hybridized carbons (Fsp3) is 0.190. The van der Waals surface area contributed by atoms with Gasteiger partial charge in [0, 0.05) is 23.8 Å². The van der Waals surface area contributed by atoms with Gasteiger partial charge in [-0.1, -0.05) is 23.2 Å². The molecule has 0 saturated heterocycles. The van der Waals surface area contributed by atoms with Crippen molar-refractivity contribution < 1.29 is 27.1 Å². The molecule has 3 rings (SSSR count). The van der Waals surface area contributed by atoms with Crippen molar-refractivity contribution in [1.29, 1.82) is 0 Å². The van der Waals surface area contributed by atoms with Gasteiger partial charge in [0.1, 0.15) is 15.6 Å². The molecular weight excluding hydrogens is 514 g/mol. The van der Waals surface area contributed by atoms with Gasteiger partial charge in [-0.2, -0.15) is 0 Å². The number of hydrogen-bond donors (Lipinski definition) is 1. The van der Waals surface area contributed by atoms with Gasteiger partial charge in [0.25, 0.3) is 15.9 Å². The van der Waals surface area contributed by atoms with Gasteiger partial charge < -0.3 is 14.8 Å². The van der Waals surface area contributed by atoms with E-state index in [2.05, 4.69) is 5.32 Å². The van der Waals surface area contributed by atoms with Crippen molar-refractivity contribution in [2.45, 2.75) is 11.8 Å². The van der Waals surface area contributed by atoms with Crippen molar-refractivity contribution in [3.8, 4) is 11.5 Å². The molecule has 0 radical (unpaired) electrons. The molecule has 1 aromatic heterocycles. The molecule has 0 aliphatic heterocycles. The SMILES string of the molecule is CCOc1ccc(N(C)S(=O)(=O)c2cc(Cl)sc2C(=O)Nc2cc(F)cc(Cl)c2)cc1OC. The molecule has 0 unspecified atom stereocenters. The Balaban J connectivity index is 1.96. The molecule has 176 valence electrons. The van der Waals surface area contributed by atoms with Gasteiger partial charge in [0.2, 0.25) is 0 Å². The fourth-order valence-electron chi connectivity index (χ4n) is 2.92. The summed E-state index contributed by atoms with van der Waals surface area (Å²) < 4.78 is 52.2. The Morgan fingerprint density at radius 1 is 1.15 bits per heavy atom. The number of benzene rings is 2. The number of nitrogens with zero attached hydrogens (tertiary/aromatic N) is 1. The van der Waals surface area contributed by atoms with Gasteiger partial charge in [-0.25, -0.2) is 12.8 Å². The Morgan fingerprint density at radius 3 is 2.52 bits per heavy atom. The number of halogens is 3. The van der Waals surface area contributed by atoms with E-state index < -0.39 is 21.7 Å². The third-order valence-corrected chi connectivity index (χ3v) is 7.86. The van der Waals surface area contributed by atoms with Crippen LogP contribution in [-0.4, -0.2) is 35.1 Å². The van der Waals surface area contributed by atoms with Crippen LogP contribution >= 0.6 is 34.5 Å². The molecule has 0 aliphatic carbocycles. The van der Waals surface area contributed by atoms with Crippen LogP contribution in [0.5, 0.6) is 11.5 Å². The number of amides is 1. The Kier molecular flexibility index (Phi) is 7.73. The first-order valence-corrected chi connectivity index (χ1v) is 12.4. The summed E-state index contributed by atoms with van der Waals surface area (Å²) in [6.07, 6.45) is 0. The Bertz CT molecular complexity index is 1280. The van der Waals surface area contributed by atoms with Gasteiger partial charge >= 0.3 is 0 Å². The number of methoxy groups -OCH3 is 1. The number of hydrogen-bond acceptors (Lipinski definition) is 6. The topological polar surface area (TPSA) is 84.9 Å². The highest BCUT2D eigenvalue weighted by Gasteiger charge is 2.30. The summed E-state index contributed by atoms with van der Waals surface area (Å²) in [5, 5.41) is 2.53. The van der Waals surface area contributed by atoms with Crippen molar-refractivity contribution in [2.75, 3.05) is 30.4 Å². The van der Waals surface area contributed by atoms with E-state index in [0.29, 0.717) is 18.1 Å². The van der Waals surface area contributed by atoms with E-state index in [9.17, 15) is 17.6 Å². The van der Waals surface area contributed by atoms with Crippen molar-refractivity contribution in [3.05, 3.63) is 62.5 Å². The van der Waals surface area contributed by atoms with Crippen molar-refractivity contribution >= 4 is 61.8 Å². The minimum absolute atomic E-state index is 0.0717. The van der Waals surface area contributed by atoms with Crippen molar-refractivity contribution in [2.24, 2.45) is 0 Å². The quantitative estimate of drug-likeness (QED) is 0.403. The van der Waals surface area contributed by atoms with Crippen LogP contribution in [0.2, 0.25) is 9.36 Å². The first-order chi connectivity index (χ1) is 15.6. The van der Waals surface area contributed by atoms with Gasteiger partial charge in [0.05, 0.1) is 23.7 Å². The number of carbonyl (C=O) groups excluding carboxylic acids is 1. The van der Waals surface area contributed by atoms with Crippen LogP contribution in [-0.2, 0) is 10.0 Å². The lowest BCUT2D eigenvalue weighted by molar-refractivity contribution is 0.102. The van der Waals surface area contributed by atoms with Crippen LogP contribution < -0.4 is 19.1 Å². The van der Waals surface area contributed by atoms with Crippen LogP contribution in [0.4, 0.5) is 15.8 Å². The van der Waals surface area contributed by atoms with E-state index in [1.165, 1.54) is 32.4 Å². The highest BCUT2D eigenvalue weighted by Crippen LogP contribution is 2.37. The van der Waals surface area contributed by atoms with Crippen LogP contribution in [0.25, 0.3) is 0 Å². The van der Waals surface area contributed by atoms with Gasteiger partial charge in [-0.3, -0.25) is 9.10 Å². The molecule has 0 fully saturated rings. The molecule has 2 aromatic carbocycles. The largest absolute Gasteiger partial charge is 0.493 e.